The molecule has 1 amide bonds. The Labute approximate surface area is 166 Å². The minimum atomic E-state index is -0.523. The van der Waals surface area contributed by atoms with Crippen LogP contribution in [0.1, 0.15) is 31.8 Å². The van der Waals surface area contributed by atoms with Gasteiger partial charge >= 0.3 is 0 Å². The summed E-state index contributed by atoms with van der Waals surface area (Å²) < 4.78 is 13.3. The Bertz CT molecular complexity index is 1050. The SMILES string of the molecule is O=C(NCCc1ccc(C(=O)c2cccc(F)c2)cc1)c1ccc([N+](=O)[O-])cc1. The van der Waals surface area contributed by atoms with E-state index in [0.29, 0.717) is 24.1 Å². The number of nitro benzene ring substituents is 1. The van der Waals surface area contributed by atoms with Gasteiger partial charge in [-0.25, -0.2) is 4.39 Å². The van der Waals surface area contributed by atoms with E-state index in [9.17, 15) is 24.1 Å². The fourth-order valence-electron chi connectivity index (χ4n) is 2.78. The number of nitrogens with zero attached hydrogens (tertiary/aromatic N) is 1. The van der Waals surface area contributed by atoms with Crippen LogP contribution in [0.5, 0.6) is 0 Å². The average molecular weight is 392 g/mol. The van der Waals surface area contributed by atoms with Crippen LogP contribution in [0.2, 0.25) is 0 Å². The van der Waals surface area contributed by atoms with Crippen LogP contribution in [0.15, 0.2) is 72.8 Å². The van der Waals surface area contributed by atoms with Crippen LogP contribution >= 0.6 is 0 Å². The molecule has 0 fully saturated rings. The maximum Gasteiger partial charge on any atom is 0.269 e. The summed E-state index contributed by atoms with van der Waals surface area (Å²) >= 11 is 0. The molecule has 29 heavy (non-hydrogen) atoms. The summed E-state index contributed by atoms with van der Waals surface area (Å²) in [5.74, 6) is -1.04. The van der Waals surface area contributed by atoms with E-state index >= 15 is 0 Å². The first-order valence-electron chi connectivity index (χ1n) is 8.86. The van der Waals surface area contributed by atoms with Gasteiger partial charge in [0.2, 0.25) is 0 Å². The second-order valence-electron chi connectivity index (χ2n) is 6.35. The van der Waals surface area contributed by atoms with Gasteiger partial charge in [0, 0.05) is 35.4 Å². The Morgan fingerprint density at radius 2 is 1.55 bits per heavy atom. The van der Waals surface area contributed by atoms with E-state index < -0.39 is 10.7 Å². The highest BCUT2D eigenvalue weighted by molar-refractivity contribution is 6.08. The number of ketones is 1. The molecule has 7 heteroatoms. The highest BCUT2D eigenvalue weighted by Crippen LogP contribution is 2.14. The van der Waals surface area contributed by atoms with Gasteiger partial charge in [-0.1, -0.05) is 36.4 Å². The Morgan fingerprint density at radius 1 is 0.897 bits per heavy atom. The minimum absolute atomic E-state index is 0.0746. The standard InChI is InChI=1S/C22H17FN2O4/c23-19-3-1-2-18(14-19)21(26)16-6-4-15(5-7-16)12-13-24-22(27)17-8-10-20(11-9-17)25(28)29/h1-11,14H,12-13H2,(H,24,27). The smallest absolute Gasteiger partial charge is 0.269 e. The molecule has 0 atom stereocenters. The molecule has 0 heterocycles. The zero-order chi connectivity index (χ0) is 20.8. The van der Waals surface area contributed by atoms with E-state index in [1.807, 2.05) is 0 Å². The molecule has 0 saturated carbocycles. The lowest BCUT2D eigenvalue weighted by atomic mass is 10.0. The maximum absolute atomic E-state index is 13.3. The van der Waals surface area contributed by atoms with E-state index in [2.05, 4.69) is 5.32 Å². The van der Waals surface area contributed by atoms with Gasteiger partial charge in [-0.2, -0.15) is 0 Å². The summed E-state index contributed by atoms with van der Waals surface area (Å²) in [6.45, 7) is 0.368. The van der Waals surface area contributed by atoms with Crippen molar-refractivity contribution in [3.05, 3.63) is 111 Å². The summed E-state index contributed by atoms with van der Waals surface area (Å²) in [7, 11) is 0. The van der Waals surface area contributed by atoms with E-state index in [1.54, 1.807) is 30.3 Å². The summed E-state index contributed by atoms with van der Waals surface area (Å²) in [6, 6.07) is 17.8. The van der Waals surface area contributed by atoms with Crippen molar-refractivity contribution >= 4 is 17.4 Å². The lowest BCUT2D eigenvalue weighted by Gasteiger charge is -2.07. The zero-order valence-corrected chi connectivity index (χ0v) is 15.3. The molecule has 3 rings (SSSR count). The number of non-ortho nitro benzene ring substituents is 1. The fourth-order valence-corrected chi connectivity index (χ4v) is 2.78. The van der Waals surface area contributed by atoms with Crippen molar-refractivity contribution in [2.45, 2.75) is 6.42 Å². The third kappa shape index (κ3) is 5.10. The molecular weight excluding hydrogens is 375 g/mol. The van der Waals surface area contributed by atoms with E-state index in [0.717, 1.165) is 5.56 Å². The van der Waals surface area contributed by atoms with Gasteiger partial charge in [0.05, 0.1) is 4.92 Å². The molecule has 6 nitrogen and oxygen atoms in total. The first-order valence-corrected chi connectivity index (χ1v) is 8.86. The molecule has 146 valence electrons. The number of carbonyl (C=O) groups excluding carboxylic acids is 2. The molecule has 0 aliphatic rings. The molecule has 0 aliphatic carbocycles. The maximum atomic E-state index is 13.3. The van der Waals surface area contributed by atoms with Crippen LogP contribution in [0.25, 0.3) is 0 Å². The van der Waals surface area contributed by atoms with E-state index in [-0.39, 0.29) is 22.9 Å². The monoisotopic (exact) mass is 392 g/mol. The average Bonchev–Trinajstić information content (AvgIpc) is 2.73. The van der Waals surface area contributed by atoms with Crippen molar-refractivity contribution in [1.82, 2.24) is 5.32 Å². The van der Waals surface area contributed by atoms with E-state index in [1.165, 1.54) is 42.5 Å². The number of hydrogen-bond acceptors (Lipinski definition) is 4. The molecule has 0 unspecified atom stereocenters. The van der Waals surface area contributed by atoms with Crippen molar-refractivity contribution in [2.24, 2.45) is 0 Å². The molecule has 0 bridgehead atoms. The lowest BCUT2D eigenvalue weighted by molar-refractivity contribution is -0.384. The predicted octanol–water partition coefficient (Wildman–Crippen LogP) is 3.94. The lowest BCUT2D eigenvalue weighted by Crippen LogP contribution is -2.25. The molecule has 0 spiro atoms. The first kappa shape index (κ1) is 19.9. The van der Waals surface area contributed by atoms with Crippen molar-refractivity contribution < 1.29 is 18.9 Å². The van der Waals surface area contributed by atoms with Gasteiger partial charge in [0.15, 0.2) is 5.78 Å². The molecule has 1 N–H and O–H groups in total. The summed E-state index contributed by atoms with van der Waals surface area (Å²) in [5.41, 5.74) is 1.92. The number of benzene rings is 3. The molecule has 0 aliphatic heterocycles. The Kier molecular flexibility index (Phi) is 6.09. The van der Waals surface area contributed by atoms with Crippen LogP contribution in [0, 0.1) is 15.9 Å². The Hall–Kier alpha value is -3.87. The Morgan fingerprint density at radius 3 is 2.17 bits per heavy atom. The summed E-state index contributed by atoms with van der Waals surface area (Å²) in [5, 5.41) is 13.4. The summed E-state index contributed by atoms with van der Waals surface area (Å²) in [4.78, 5) is 34.6. The number of amides is 1. The van der Waals surface area contributed by atoms with Crippen LogP contribution in [0.4, 0.5) is 10.1 Å². The summed E-state index contributed by atoms with van der Waals surface area (Å²) in [6.07, 6.45) is 0.549. The third-order valence-electron chi connectivity index (χ3n) is 4.34. The molecular formula is C22H17FN2O4. The molecule has 3 aromatic carbocycles. The zero-order valence-electron chi connectivity index (χ0n) is 15.3. The molecule has 0 aromatic heterocycles. The number of carbonyl (C=O) groups is 2. The van der Waals surface area contributed by atoms with Gasteiger partial charge < -0.3 is 5.32 Å². The van der Waals surface area contributed by atoms with Crippen molar-refractivity contribution in [3.8, 4) is 0 Å². The second-order valence-corrected chi connectivity index (χ2v) is 6.35. The molecule has 0 saturated heterocycles. The molecule has 3 aromatic rings. The van der Waals surface area contributed by atoms with Gasteiger partial charge in [0.1, 0.15) is 5.82 Å². The van der Waals surface area contributed by atoms with Crippen LogP contribution in [0.3, 0.4) is 0 Å². The van der Waals surface area contributed by atoms with Crippen molar-refractivity contribution in [2.75, 3.05) is 6.54 Å². The fraction of sp³-hybridized carbons (Fsp3) is 0.0909. The van der Waals surface area contributed by atoms with E-state index in [4.69, 9.17) is 0 Å². The van der Waals surface area contributed by atoms with Crippen LogP contribution in [-0.2, 0) is 6.42 Å². The molecule has 0 radical (unpaired) electrons. The number of halogens is 1. The largest absolute Gasteiger partial charge is 0.352 e. The van der Waals surface area contributed by atoms with Gasteiger partial charge in [-0.15, -0.1) is 0 Å². The van der Waals surface area contributed by atoms with Gasteiger partial charge in [-0.05, 0) is 36.2 Å². The van der Waals surface area contributed by atoms with Crippen molar-refractivity contribution in [1.29, 1.82) is 0 Å². The minimum Gasteiger partial charge on any atom is -0.352 e. The highest BCUT2D eigenvalue weighted by Gasteiger charge is 2.11. The number of rotatable bonds is 7. The quantitative estimate of drug-likeness (QED) is 0.375. The van der Waals surface area contributed by atoms with Gasteiger partial charge in [0.25, 0.3) is 11.6 Å². The highest BCUT2D eigenvalue weighted by atomic mass is 19.1. The Balaban J connectivity index is 1.54. The first-order chi connectivity index (χ1) is 13.9. The number of hydrogen-bond donors (Lipinski definition) is 1. The second kappa shape index (κ2) is 8.88. The number of nitro groups is 1. The van der Waals surface area contributed by atoms with Crippen LogP contribution in [-0.4, -0.2) is 23.2 Å². The van der Waals surface area contributed by atoms with Crippen LogP contribution < -0.4 is 5.32 Å². The van der Waals surface area contributed by atoms with Gasteiger partial charge in [-0.3, -0.25) is 19.7 Å². The van der Waals surface area contributed by atoms with Crippen molar-refractivity contribution in [3.63, 3.8) is 0 Å². The number of nitrogens with one attached hydrogen (secondary N) is 1. The predicted molar refractivity (Wildman–Crippen MR) is 105 cm³/mol. The normalized spacial score (nSPS) is 10.4. The third-order valence-corrected chi connectivity index (χ3v) is 4.34. The topological polar surface area (TPSA) is 89.3 Å².